The van der Waals surface area contributed by atoms with Crippen LogP contribution in [0.5, 0.6) is 5.75 Å². The van der Waals surface area contributed by atoms with E-state index in [1.165, 1.54) is 11.1 Å². The standard InChI is InChI=1S/C12H15ClO/c1-10-6-5-7-12(11(10)2)14-9-4-3-8-13/h3-7H,8-9H2,1-2H3. The molecule has 1 rings (SSSR count). The van der Waals surface area contributed by atoms with Crippen molar-refractivity contribution in [1.82, 2.24) is 0 Å². The molecular weight excluding hydrogens is 196 g/mol. The maximum atomic E-state index is 5.57. The summed E-state index contributed by atoms with van der Waals surface area (Å²) < 4.78 is 5.57. The smallest absolute Gasteiger partial charge is 0.122 e. The van der Waals surface area contributed by atoms with Gasteiger partial charge in [-0.05, 0) is 31.0 Å². The zero-order valence-corrected chi connectivity index (χ0v) is 9.34. The van der Waals surface area contributed by atoms with Crippen LogP contribution in [0.25, 0.3) is 0 Å². The van der Waals surface area contributed by atoms with Crippen molar-refractivity contribution in [2.75, 3.05) is 12.5 Å². The van der Waals surface area contributed by atoms with E-state index in [2.05, 4.69) is 19.9 Å². The van der Waals surface area contributed by atoms with Crippen LogP contribution in [-0.2, 0) is 0 Å². The minimum Gasteiger partial charge on any atom is -0.489 e. The lowest BCUT2D eigenvalue weighted by atomic mass is 10.1. The molecule has 0 spiro atoms. The molecule has 0 saturated heterocycles. The van der Waals surface area contributed by atoms with Gasteiger partial charge in [-0.2, -0.15) is 0 Å². The van der Waals surface area contributed by atoms with Crippen molar-refractivity contribution in [3.05, 3.63) is 41.5 Å². The quantitative estimate of drug-likeness (QED) is 0.546. The molecule has 1 nitrogen and oxygen atoms in total. The van der Waals surface area contributed by atoms with Crippen molar-refractivity contribution in [1.29, 1.82) is 0 Å². The van der Waals surface area contributed by atoms with E-state index < -0.39 is 0 Å². The molecule has 1 aromatic rings. The van der Waals surface area contributed by atoms with Crippen LogP contribution in [0.2, 0.25) is 0 Å². The second-order valence-corrected chi connectivity index (χ2v) is 3.44. The average Bonchev–Trinajstić information content (AvgIpc) is 2.19. The molecule has 14 heavy (non-hydrogen) atoms. The lowest BCUT2D eigenvalue weighted by Gasteiger charge is -2.08. The molecule has 0 atom stereocenters. The van der Waals surface area contributed by atoms with Crippen molar-refractivity contribution < 1.29 is 4.74 Å². The van der Waals surface area contributed by atoms with Gasteiger partial charge in [0.15, 0.2) is 0 Å². The van der Waals surface area contributed by atoms with Gasteiger partial charge in [0.1, 0.15) is 12.4 Å². The fourth-order valence-corrected chi connectivity index (χ4v) is 1.28. The minimum atomic E-state index is 0.538. The molecule has 0 unspecified atom stereocenters. The van der Waals surface area contributed by atoms with Crippen LogP contribution in [0, 0.1) is 13.8 Å². The predicted octanol–water partition coefficient (Wildman–Crippen LogP) is 3.48. The van der Waals surface area contributed by atoms with Crippen LogP contribution < -0.4 is 4.74 Å². The molecule has 0 heterocycles. The number of rotatable bonds is 4. The lowest BCUT2D eigenvalue weighted by Crippen LogP contribution is -1.96. The first kappa shape index (κ1) is 11.1. The SMILES string of the molecule is Cc1cccc(OCC=CCCl)c1C. The third kappa shape index (κ3) is 3.08. The second-order valence-electron chi connectivity index (χ2n) is 3.13. The second kappa shape index (κ2) is 5.71. The summed E-state index contributed by atoms with van der Waals surface area (Å²) in [4.78, 5) is 0. The Balaban J connectivity index is 2.59. The Bertz CT molecular complexity index is 318. The van der Waals surface area contributed by atoms with Crippen LogP contribution in [0.4, 0.5) is 0 Å². The highest BCUT2D eigenvalue weighted by molar-refractivity contribution is 6.18. The van der Waals surface area contributed by atoms with Gasteiger partial charge in [-0.25, -0.2) is 0 Å². The van der Waals surface area contributed by atoms with Crippen LogP contribution >= 0.6 is 11.6 Å². The van der Waals surface area contributed by atoms with Crippen LogP contribution in [0.3, 0.4) is 0 Å². The first-order valence-electron chi connectivity index (χ1n) is 4.65. The number of ether oxygens (including phenoxy) is 1. The summed E-state index contributed by atoms with van der Waals surface area (Å²) in [6, 6.07) is 6.07. The molecule has 1 aromatic carbocycles. The summed E-state index contributed by atoms with van der Waals surface area (Å²) in [5.74, 6) is 1.49. The molecule has 0 aliphatic rings. The number of aryl methyl sites for hydroxylation is 1. The van der Waals surface area contributed by atoms with Gasteiger partial charge in [0.25, 0.3) is 0 Å². The summed E-state index contributed by atoms with van der Waals surface area (Å²) in [5.41, 5.74) is 2.45. The highest BCUT2D eigenvalue weighted by Gasteiger charge is 1.99. The zero-order chi connectivity index (χ0) is 10.4. The lowest BCUT2D eigenvalue weighted by molar-refractivity contribution is 0.360. The average molecular weight is 211 g/mol. The Labute approximate surface area is 90.3 Å². The van der Waals surface area contributed by atoms with E-state index >= 15 is 0 Å². The predicted molar refractivity (Wildman–Crippen MR) is 61.3 cm³/mol. The fourth-order valence-electron chi connectivity index (χ4n) is 1.15. The summed E-state index contributed by atoms with van der Waals surface area (Å²) in [6.07, 6.45) is 3.81. The number of hydrogen-bond acceptors (Lipinski definition) is 1. The molecule has 0 aromatic heterocycles. The fraction of sp³-hybridized carbons (Fsp3) is 0.333. The Kier molecular flexibility index (Phi) is 4.54. The molecule has 0 bridgehead atoms. The van der Waals surface area contributed by atoms with Gasteiger partial charge in [-0.1, -0.05) is 24.3 Å². The molecule has 0 aliphatic carbocycles. The third-order valence-electron chi connectivity index (χ3n) is 2.15. The summed E-state index contributed by atoms with van der Waals surface area (Å²) >= 11 is 5.50. The largest absolute Gasteiger partial charge is 0.489 e. The Morgan fingerprint density at radius 3 is 2.79 bits per heavy atom. The summed E-state index contributed by atoms with van der Waals surface area (Å²) in [6.45, 7) is 4.73. The zero-order valence-electron chi connectivity index (χ0n) is 8.59. The van der Waals surface area contributed by atoms with Crippen molar-refractivity contribution in [2.45, 2.75) is 13.8 Å². The van der Waals surface area contributed by atoms with Gasteiger partial charge < -0.3 is 4.74 Å². The molecule has 0 aliphatic heterocycles. The summed E-state index contributed by atoms with van der Waals surface area (Å²) in [7, 11) is 0. The first-order chi connectivity index (χ1) is 6.75. The van der Waals surface area contributed by atoms with E-state index in [0.29, 0.717) is 12.5 Å². The van der Waals surface area contributed by atoms with Crippen LogP contribution in [-0.4, -0.2) is 12.5 Å². The number of benzene rings is 1. The third-order valence-corrected chi connectivity index (χ3v) is 2.32. The van der Waals surface area contributed by atoms with Crippen molar-refractivity contribution in [3.8, 4) is 5.75 Å². The highest BCUT2D eigenvalue weighted by atomic mass is 35.5. The topological polar surface area (TPSA) is 9.23 Å². The van der Waals surface area contributed by atoms with Gasteiger partial charge >= 0.3 is 0 Å². The molecule has 0 N–H and O–H groups in total. The normalized spacial score (nSPS) is 10.8. The van der Waals surface area contributed by atoms with E-state index in [4.69, 9.17) is 16.3 Å². The number of allylic oxidation sites excluding steroid dienone is 1. The van der Waals surface area contributed by atoms with Gasteiger partial charge in [0.2, 0.25) is 0 Å². The highest BCUT2D eigenvalue weighted by Crippen LogP contribution is 2.20. The maximum absolute atomic E-state index is 5.57. The molecule has 0 saturated carbocycles. The first-order valence-corrected chi connectivity index (χ1v) is 5.19. The molecule has 0 radical (unpaired) electrons. The van der Waals surface area contributed by atoms with E-state index in [9.17, 15) is 0 Å². The number of hydrogen-bond donors (Lipinski definition) is 0. The van der Waals surface area contributed by atoms with E-state index in [0.717, 1.165) is 5.75 Å². The van der Waals surface area contributed by atoms with E-state index in [1.54, 1.807) is 0 Å². The summed E-state index contributed by atoms with van der Waals surface area (Å²) in [5, 5.41) is 0. The number of alkyl halides is 1. The van der Waals surface area contributed by atoms with E-state index in [-0.39, 0.29) is 0 Å². The molecule has 2 heteroatoms. The number of halogens is 1. The van der Waals surface area contributed by atoms with Gasteiger partial charge in [0.05, 0.1) is 0 Å². The molecular formula is C12H15ClO. The van der Waals surface area contributed by atoms with Gasteiger partial charge in [0, 0.05) is 5.88 Å². The minimum absolute atomic E-state index is 0.538. The van der Waals surface area contributed by atoms with Crippen molar-refractivity contribution >= 4 is 11.6 Å². The van der Waals surface area contributed by atoms with Crippen LogP contribution in [0.15, 0.2) is 30.4 Å². The van der Waals surface area contributed by atoms with Gasteiger partial charge in [-0.15, -0.1) is 11.6 Å². The molecule has 76 valence electrons. The Morgan fingerprint density at radius 2 is 2.07 bits per heavy atom. The Morgan fingerprint density at radius 1 is 1.29 bits per heavy atom. The van der Waals surface area contributed by atoms with Crippen LogP contribution in [0.1, 0.15) is 11.1 Å². The molecule has 0 amide bonds. The Hall–Kier alpha value is -0.950. The maximum Gasteiger partial charge on any atom is 0.122 e. The monoisotopic (exact) mass is 210 g/mol. The van der Waals surface area contributed by atoms with Crippen molar-refractivity contribution in [3.63, 3.8) is 0 Å². The van der Waals surface area contributed by atoms with Crippen molar-refractivity contribution in [2.24, 2.45) is 0 Å². The van der Waals surface area contributed by atoms with E-state index in [1.807, 2.05) is 24.3 Å². The molecule has 0 fully saturated rings. The van der Waals surface area contributed by atoms with Gasteiger partial charge in [-0.3, -0.25) is 0 Å².